The van der Waals surface area contributed by atoms with E-state index < -0.39 is 6.04 Å². The highest BCUT2D eigenvalue weighted by Gasteiger charge is 2.55. The second kappa shape index (κ2) is 9.27. The van der Waals surface area contributed by atoms with Crippen LogP contribution in [0.2, 0.25) is 0 Å². The fraction of sp³-hybridized carbons (Fsp3) is 0.481. The third-order valence-corrected chi connectivity index (χ3v) is 7.66. The van der Waals surface area contributed by atoms with Gasteiger partial charge in [0, 0.05) is 49.3 Å². The number of rotatable bonds is 6. The molecule has 6 nitrogen and oxygen atoms in total. The molecule has 174 valence electrons. The number of likely N-dealkylation sites (N-methyl/N-ethyl adjacent to an activating group) is 1. The summed E-state index contributed by atoms with van der Waals surface area (Å²) in [5.41, 5.74) is 4.13. The van der Waals surface area contributed by atoms with Crippen LogP contribution in [0.4, 0.5) is 0 Å². The molecule has 0 radical (unpaired) electrons. The van der Waals surface area contributed by atoms with Gasteiger partial charge in [0.1, 0.15) is 0 Å². The van der Waals surface area contributed by atoms with Crippen LogP contribution in [0.1, 0.15) is 55.5 Å². The molecule has 2 aliphatic heterocycles. The van der Waals surface area contributed by atoms with Gasteiger partial charge in [0.2, 0.25) is 5.91 Å². The van der Waals surface area contributed by atoms with Crippen LogP contribution in [-0.2, 0) is 17.9 Å². The normalized spacial score (nSPS) is 26.5. The average molecular weight is 448 g/mol. The van der Waals surface area contributed by atoms with Crippen molar-refractivity contribution in [3.05, 3.63) is 75.7 Å². The summed E-state index contributed by atoms with van der Waals surface area (Å²) >= 11 is 0. The van der Waals surface area contributed by atoms with Crippen LogP contribution < -0.4 is 10.9 Å². The molecule has 6 heteroatoms. The van der Waals surface area contributed by atoms with Gasteiger partial charge in [0.25, 0.3) is 5.56 Å². The fourth-order valence-electron chi connectivity index (χ4n) is 6.18. The quantitative estimate of drug-likeness (QED) is 0.714. The number of amides is 1. The van der Waals surface area contributed by atoms with E-state index in [9.17, 15) is 14.7 Å². The van der Waals surface area contributed by atoms with Crippen LogP contribution in [0.3, 0.4) is 0 Å². The lowest BCUT2D eigenvalue weighted by atomic mass is 9.88. The molecule has 33 heavy (non-hydrogen) atoms. The maximum atomic E-state index is 13.5. The van der Waals surface area contributed by atoms with E-state index in [-0.39, 0.29) is 36.0 Å². The number of aliphatic hydroxyl groups excluding tert-OH is 1. The zero-order chi connectivity index (χ0) is 22.9. The summed E-state index contributed by atoms with van der Waals surface area (Å²) in [6, 6.07) is 13.7. The minimum atomic E-state index is -0.422. The summed E-state index contributed by atoms with van der Waals surface area (Å²) in [5.74, 6) is -0.240. The van der Waals surface area contributed by atoms with E-state index >= 15 is 0 Å². The summed E-state index contributed by atoms with van der Waals surface area (Å²) in [6.45, 7) is 3.54. The van der Waals surface area contributed by atoms with Gasteiger partial charge in [0.15, 0.2) is 0 Å². The highest BCUT2D eigenvalue weighted by molar-refractivity contribution is 5.82. The Morgan fingerprint density at radius 1 is 1.15 bits per heavy atom. The number of pyridine rings is 1. The number of nitrogens with one attached hydrogen (secondary N) is 1. The van der Waals surface area contributed by atoms with Gasteiger partial charge < -0.3 is 15.0 Å². The van der Waals surface area contributed by atoms with E-state index in [0.717, 1.165) is 36.1 Å². The van der Waals surface area contributed by atoms with Crippen LogP contribution >= 0.6 is 0 Å². The first-order valence-corrected chi connectivity index (χ1v) is 12.3. The Hall–Kier alpha value is -2.70. The van der Waals surface area contributed by atoms with Crippen molar-refractivity contribution in [3.8, 4) is 0 Å². The Balaban J connectivity index is 1.57. The van der Waals surface area contributed by atoms with Crippen LogP contribution in [0.5, 0.6) is 0 Å². The Morgan fingerprint density at radius 3 is 2.67 bits per heavy atom. The fourth-order valence-corrected chi connectivity index (χ4v) is 6.18. The van der Waals surface area contributed by atoms with E-state index in [2.05, 4.69) is 34.5 Å². The first-order valence-electron chi connectivity index (χ1n) is 12.3. The molecule has 1 aromatic carbocycles. The molecule has 1 saturated heterocycles. The molecule has 2 aromatic rings. The van der Waals surface area contributed by atoms with Crippen molar-refractivity contribution in [2.75, 3.05) is 13.2 Å². The lowest BCUT2D eigenvalue weighted by molar-refractivity contribution is -0.127. The van der Waals surface area contributed by atoms with E-state index in [1.54, 1.807) is 0 Å². The Kier molecular flexibility index (Phi) is 6.21. The monoisotopic (exact) mass is 447 g/mol. The second-order valence-electron chi connectivity index (χ2n) is 9.52. The summed E-state index contributed by atoms with van der Waals surface area (Å²) in [5, 5.41) is 13.4. The van der Waals surface area contributed by atoms with Crippen molar-refractivity contribution >= 4 is 11.5 Å². The SMILES string of the molecule is CCNC(=O)[C@@H]1[C@@H](CO)[C@@H]2Cn3c(ccc(C4=CCCCC4)c3=O)[C@@H]2N1Cc1ccccc1. The molecule has 1 amide bonds. The number of nitrogens with zero attached hydrogens (tertiary/aromatic N) is 2. The molecule has 1 aliphatic carbocycles. The molecular formula is C27H33N3O3. The predicted octanol–water partition coefficient (Wildman–Crippen LogP) is 3.11. The van der Waals surface area contributed by atoms with Gasteiger partial charge in [-0.1, -0.05) is 36.4 Å². The molecule has 3 heterocycles. The average Bonchev–Trinajstić information content (AvgIpc) is 3.36. The molecule has 0 unspecified atom stereocenters. The highest BCUT2D eigenvalue weighted by Crippen LogP contribution is 2.49. The van der Waals surface area contributed by atoms with Crippen molar-refractivity contribution in [2.45, 2.75) is 57.8 Å². The molecule has 0 bridgehead atoms. The summed E-state index contributed by atoms with van der Waals surface area (Å²) in [7, 11) is 0. The van der Waals surface area contributed by atoms with Crippen molar-refractivity contribution in [3.63, 3.8) is 0 Å². The van der Waals surface area contributed by atoms with Gasteiger partial charge >= 0.3 is 0 Å². The smallest absolute Gasteiger partial charge is 0.258 e. The summed E-state index contributed by atoms with van der Waals surface area (Å²) in [6.07, 6.45) is 6.53. The number of carbonyl (C=O) groups is 1. The number of benzene rings is 1. The first kappa shape index (κ1) is 22.1. The zero-order valence-electron chi connectivity index (χ0n) is 19.2. The van der Waals surface area contributed by atoms with Gasteiger partial charge in [-0.25, -0.2) is 0 Å². The number of allylic oxidation sites excluding steroid dienone is 2. The molecule has 2 N–H and O–H groups in total. The maximum absolute atomic E-state index is 13.5. The van der Waals surface area contributed by atoms with Crippen LogP contribution in [0.15, 0.2) is 53.3 Å². The van der Waals surface area contributed by atoms with Crippen LogP contribution in [0, 0.1) is 11.8 Å². The first-order chi connectivity index (χ1) is 16.1. The second-order valence-corrected chi connectivity index (χ2v) is 9.52. The Labute approximate surface area is 194 Å². The maximum Gasteiger partial charge on any atom is 0.258 e. The van der Waals surface area contributed by atoms with Crippen molar-refractivity contribution in [1.82, 2.24) is 14.8 Å². The van der Waals surface area contributed by atoms with E-state index in [1.807, 2.05) is 35.8 Å². The van der Waals surface area contributed by atoms with Gasteiger partial charge in [-0.15, -0.1) is 0 Å². The number of aromatic nitrogens is 1. The number of fused-ring (bicyclic) bond motifs is 3. The van der Waals surface area contributed by atoms with Gasteiger partial charge in [0.05, 0.1) is 12.1 Å². The Morgan fingerprint density at radius 2 is 1.97 bits per heavy atom. The highest BCUT2D eigenvalue weighted by atomic mass is 16.3. The van der Waals surface area contributed by atoms with E-state index in [4.69, 9.17) is 0 Å². The molecule has 5 rings (SSSR count). The number of hydrogen-bond donors (Lipinski definition) is 2. The van der Waals surface area contributed by atoms with Crippen molar-refractivity contribution in [1.29, 1.82) is 0 Å². The molecule has 1 aromatic heterocycles. The number of likely N-dealkylation sites (tertiary alicyclic amines) is 1. The number of carbonyl (C=O) groups excluding carboxylic acids is 1. The largest absolute Gasteiger partial charge is 0.396 e. The minimum absolute atomic E-state index is 0.0228. The molecule has 3 aliphatic rings. The van der Waals surface area contributed by atoms with Gasteiger partial charge in [-0.05, 0) is 55.9 Å². The molecular weight excluding hydrogens is 414 g/mol. The van der Waals surface area contributed by atoms with Gasteiger partial charge in [-0.3, -0.25) is 14.5 Å². The molecule has 0 spiro atoms. The van der Waals surface area contributed by atoms with E-state index in [1.165, 1.54) is 12.0 Å². The lowest BCUT2D eigenvalue weighted by Crippen LogP contribution is -2.48. The third-order valence-electron chi connectivity index (χ3n) is 7.66. The molecule has 1 fully saturated rings. The summed E-state index contributed by atoms with van der Waals surface area (Å²) in [4.78, 5) is 28.9. The predicted molar refractivity (Wildman–Crippen MR) is 128 cm³/mol. The van der Waals surface area contributed by atoms with Crippen molar-refractivity contribution in [2.24, 2.45) is 11.8 Å². The summed E-state index contributed by atoms with van der Waals surface area (Å²) < 4.78 is 1.91. The third kappa shape index (κ3) is 3.85. The lowest BCUT2D eigenvalue weighted by Gasteiger charge is -2.31. The van der Waals surface area contributed by atoms with Crippen molar-refractivity contribution < 1.29 is 9.90 Å². The number of aliphatic hydroxyl groups is 1. The number of hydrogen-bond acceptors (Lipinski definition) is 4. The topological polar surface area (TPSA) is 74.6 Å². The van der Waals surface area contributed by atoms with E-state index in [0.29, 0.717) is 19.6 Å². The van der Waals surface area contributed by atoms with Crippen LogP contribution in [-0.4, -0.2) is 39.7 Å². The standard InChI is InChI=1S/C27H33N3O3/c1-2-28-26(32)25-22(17-31)21-16-29-23(24(21)30(25)15-18-9-5-3-6-10-18)14-13-20(27(29)33)19-11-7-4-8-12-19/h3,5-6,9-11,13-14,21-22,24-25,31H,2,4,7-8,12,15-17H2,1H3,(H,28,32)/t21-,22-,24+,25-/m0/s1. The Bertz CT molecular complexity index is 1110. The zero-order valence-corrected chi connectivity index (χ0v) is 19.2. The molecule has 4 atom stereocenters. The van der Waals surface area contributed by atoms with Gasteiger partial charge in [-0.2, -0.15) is 0 Å². The van der Waals surface area contributed by atoms with Crippen LogP contribution in [0.25, 0.3) is 5.57 Å². The molecule has 0 saturated carbocycles. The minimum Gasteiger partial charge on any atom is -0.396 e.